The van der Waals surface area contributed by atoms with Crippen molar-refractivity contribution < 1.29 is 4.79 Å². The van der Waals surface area contributed by atoms with Crippen LogP contribution in [0.2, 0.25) is 0 Å². The predicted octanol–water partition coefficient (Wildman–Crippen LogP) is 3.64. The molecule has 4 heteroatoms. The Morgan fingerprint density at radius 2 is 1.79 bits per heavy atom. The molecular formula is C15H11IN2O. The first-order chi connectivity index (χ1) is 9.16. The standard InChI is InChI=1S/C15H11IN2O/c1-10-17-13-4-2-3-5-14(13)18(10)15(19)11-6-8-12(16)9-7-11/h2-9H,1H3. The summed E-state index contributed by atoms with van der Waals surface area (Å²) in [6.07, 6.45) is 0. The molecule has 3 rings (SSSR count). The lowest BCUT2D eigenvalue weighted by molar-refractivity contribution is 0.0962. The molecule has 0 unspecified atom stereocenters. The van der Waals surface area contributed by atoms with E-state index in [2.05, 4.69) is 27.6 Å². The van der Waals surface area contributed by atoms with E-state index >= 15 is 0 Å². The monoisotopic (exact) mass is 362 g/mol. The van der Waals surface area contributed by atoms with Gasteiger partial charge in [-0.3, -0.25) is 9.36 Å². The molecule has 0 aliphatic rings. The zero-order chi connectivity index (χ0) is 13.4. The Morgan fingerprint density at radius 3 is 2.53 bits per heavy atom. The summed E-state index contributed by atoms with van der Waals surface area (Å²) in [5.74, 6) is 0.673. The summed E-state index contributed by atoms with van der Waals surface area (Å²) in [6.45, 7) is 1.85. The van der Waals surface area contributed by atoms with E-state index in [1.54, 1.807) is 4.57 Å². The number of aryl methyl sites for hydroxylation is 1. The molecule has 0 aliphatic heterocycles. The summed E-state index contributed by atoms with van der Waals surface area (Å²) in [4.78, 5) is 17.0. The Labute approximate surface area is 124 Å². The van der Waals surface area contributed by atoms with E-state index in [1.807, 2.05) is 55.5 Å². The average molecular weight is 362 g/mol. The molecule has 0 bridgehead atoms. The van der Waals surface area contributed by atoms with Gasteiger partial charge >= 0.3 is 0 Å². The normalized spacial score (nSPS) is 10.8. The van der Waals surface area contributed by atoms with Crippen molar-refractivity contribution in [2.45, 2.75) is 6.92 Å². The molecule has 3 aromatic rings. The summed E-state index contributed by atoms with van der Waals surface area (Å²) in [5.41, 5.74) is 2.37. The summed E-state index contributed by atoms with van der Waals surface area (Å²) in [5, 5.41) is 0. The van der Waals surface area contributed by atoms with Crippen LogP contribution in [-0.2, 0) is 0 Å². The van der Waals surface area contributed by atoms with Gasteiger partial charge in [0.15, 0.2) is 0 Å². The molecular weight excluding hydrogens is 351 g/mol. The number of halogens is 1. The lowest BCUT2D eigenvalue weighted by atomic mass is 10.2. The van der Waals surface area contributed by atoms with Gasteiger partial charge in [-0.2, -0.15) is 0 Å². The second-order valence-electron chi connectivity index (χ2n) is 4.30. The van der Waals surface area contributed by atoms with Gasteiger partial charge in [0, 0.05) is 9.13 Å². The minimum Gasteiger partial charge on any atom is -0.268 e. The summed E-state index contributed by atoms with van der Waals surface area (Å²) < 4.78 is 2.78. The highest BCUT2D eigenvalue weighted by Gasteiger charge is 2.15. The highest BCUT2D eigenvalue weighted by atomic mass is 127. The number of hydrogen-bond donors (Lipinski definition) is 0. The molecule has 1 aromatic heterocycles. The van der Waals surface area contributed by atoms with E-state index in [0.29, 0.717) is 11.4 Å². The lowest BCUT2D eigenvalue weighted by Gasteiger charge is -2.05. The topological polar surface area (TPSA) is 34.9 Å². The molecule has 0 fully saturated rings. The van der Waals surface area contributed by atoms with Crippen molar-refractivity contribution >= 4 is 39.5 Å². The van der Waals surface area contributed by atoms with Crippen LogP contribution >= 0.6 is 22.6 Å². The van der Waals surface area contributed by atoms with Crippen LogP contribution in [0.5, 0.6) is 0 Å². The van der Waals surface area contributed by atoms with E-state index in [4.69, 9.17) is 0 Å². The number of aromatic nitrogens is 2. The maximum absolute atomic E-state index is 12.6. The summed E-state index contributed by atoms with van der Waals surface area (Å²) >= 11 is 2.22. The Kier molecular flexibility index (Phi) is 3.10. The highest BCUT2D eigenvalue weighted by Crippen LogP contribution is 2.18. The molecule has 19 heavy (non-hydrogen) atoms. The number of rotatable bonds is 1. The van der Waals surface area contributed by atoms with Gasteiger partial charge in [0.05, 0.1) is 11.0 Å². The number of imidazole rings is 1. The number of para-hydroxylation sites is 2. The van der Waals surface area contributed by atoms with Crippen molar-refractivity contribution in [3.8, 4) is 0 Å². The van der Waals surface area contributed by atoms with Crippen molar-refractivity contribution in [3.05, 3.63) is 63.5 Å². The molecule has 94 valence electrons. The van der Waals surface area contributed by atoms with Gasteiger partial charge in [-0.15, -0.1) is 0 Å². The number of fused-ring (bicyclic) bond motifs is 1. The maximum atomic E-state index is 12.6. The molecule has 0 aliphatic carbocycles. The minimum atomic E-state index is -0.0393. The molecule has 0 saturated heterocycles. The van der Waals surface area contributed by atoms with Crippen LogP contribution in [0.3, 0.4) is 0 Å². The first-order valence-electron chi connectivity index (χ1n) is 5.91. The number of carbonyl (C=O) groups is 1. The molecule has 0 amide bonds. The van der Waals surface area contributed by atoms with E-state index < -0.39 is 0 Å². The van der Waals surface area contributed by atoms with Gasteiger partial charge in [-0.1, -0.05) is 12.1 Å². The lowest BCUT2D eigenvalue weighted by Crippen LogP contribution is -2.13. The Bertz CT molecular complexity index is 759. The fourth-order valence-electron chi connectivity index (χ4n) is 2.12. The quantitative estimate of drug-likeness (QED) is 0.620. The van der Waals surface area contributed by atoms with E-state index in [9.17, 15) is 4.79 Å². The highest BCUT2D eigenvalue weighted by molar-refractivity contribution is 14.1. The minimum absolute atomic E-state index is 0.0393. The number of hydrogen-bond acceptors (Lipinski definition) is 2. The predicted molar refractivity (Wildman–Crippen MR) is 83.4 cm³/mol. The number of nitrogens with zero attached hydrogens (tertiary/aromatic N) is 2. The van der Waals surface area contributed by atoms with Gasteiger partial charge < -0.3 is 0 Å². The molecule has 1 heterocycles. The molecule has 0 atom stereocenters. The molecule has 2 aromatic carbocycles. The van der Waals surface area contributed by atoms with Gasteiger partial charge in [0.25, 0.3) is 5.91 Å². The number of benzene rings is 2. The average Bonchev–Trinajstić information content (AvgIpc) is 2.74. The van der Waals surface area contributed by atoms with E-state index in [0.717, 1.165) is 14.6 Å². The van der Waals surface area contributed by atoms with Crippen LogP contribution in [0.15, 0.2) is 48.5 Å². The van der Waals surface area contributed by atoms with Crippen molar-refractivity contribution in [2.24, 2.45) is 0 Å². The zero-order valence-electron chi connectivity index (χ0n) is 10.3. The van der Waals surface area contributed by atoms with Gasteiger partial charge in [0.2, 0.25) is 0 Å². The van der Waals surface area contributed by atoms with Crippen LogP contribution < -0.4 is 0 Å². The number of carbonyl (C=O) groups excluding carboxylic acids is 1. The summed E-state index contributed by atoms with van der Waals surface area (Å²) in [6, 6.07) is 15.2. The SMILES string of the molecule is Cc1nc2ccccc2n1C(=O)c1ccc(I)cc1. The van der Waals surface area contributed by atoms with E-state index in [-0.39, 0.29) is 5.91 Å². The first-order valence-corrected chi connectivity index (χ1v) is 6.99. The first kappa shape index (κ1) is 12.3. The van der Waals surface area contributed by atoms with Crippen LogP contribution in [0, 0.1) is 10.5 Å². The molecule has 0 saturated carbocycles. The van der Waals surface area contributed by atoms with Crippen molar-refractivity contribution in [3.63, 3.8) is 0 Å². The third kappa shape index (κ3) is 2.16. The Hall–Kier alpha value is -1.69. The van der Waals surface area contributed by atoms with Crippen LogP contribution in [-0.4, -0.2) is 15.5 Å². The second kappa shape index (κ2) is 4.77. The zero-order valence-corrected chi connectivity index (χ0v) is 12.5. The largest absolute Gasteiger partial charge is 0.268 e. The van der Waals surface area contributed by atoms with Gasteiger partial charge in [-0.25, -0.2) is 4.98 Å². The van der Waals surface area contributed by atoms with Crippen LogP contribution in [0.25, 0.3) is 11.0 Å². The molecule has 0 N–H and O–H groups in total. The van der Waals surface area contributed by atoms with Gasteiger partial charge in [-0.05, 0) is 65.9 Å². The van der Waals surface area contributed by atoms with Crippen LogP contribution in [0.1, 0.15) is 16.2 Å². The molecule has 0 radical (unpaired) electrons. The third-order valence-corrected chi connectivity index (χ3v) is 3.74. The Morgan fingerprint density at radius 1 is 1.11 bits per heavy atom. The smallest absolute Gasteiger partial charge is 0.263 e. The fraction of sp³-hybridized carbons (Fsp3) is 0.0667. The van der Waals surface area contributed by atoms with Gasteiger partial charge in [0.1, 0.15) is 5.82 Å². The van der Waals surface area contributed by atoms with Crippen molar-refractivity contribution in [2.75, 3.05) is 0 Å². The van der Waals surface area contributed by atoms with Crippen molar-refractivity contribution in [1.29, 1.82) is 0 Å². The Balaban J connectivity index is 2.16. The third-order valence-electron chi connectivity index (χ3n) is 3.02. The van der Waals surface area contributed by atoms with Crippen LogP contribution in [0.4, 0.5) is 0 Å². The molecule has 3 nitrogen and oxygen atoms in total. The van der Waals surface area contributed by atoms with Crippen molar-refractivity contribution in [1.82, 2.24) is 9.55 Å². The summed E-state index contributed by atoms with van der Waals surface area (Å²) in [7, 11) is 0. The molecule has 0 spiro atoms. The second-order valence-corrected chi connectivity index (χ2v) is 5.54. The van der Waals surface area contributed by atoms with E-state index in [1.165, 1.54) is 0 Å². The fourth-order valence-corrected chi connectivity index (χ4v) is 2.48. The maximum Gasteiger partial charge on any atom is 0.263 e.